The van der Waals surface area contributed by atoms with E-state index in [1.165, 1.54) is 0 Å². The van der Waals surface area contributed by atoms with E-state index in [2.05, 4.69) is 26.3 Å². The minimum Gasteiger partial charge on any atom is -0.337 e. The molecule has 0 aliphatic carbocycles. The Kier molecular flexibility index (Phi) is 4.93. The molecule has 3 N–H and O–H groups in total. The Labute approximate surface area is 132 Å². The fraction of sp³-hybridized carbons (Fsp3) is 0.200. The monoisotopic (exact) mass is 348 g/mol. The fourth-order valence-corrected chi connectivity index (χ4v) is 2.42. The van der Waals surface area contributed by atoms with Gasteiger partial charge in [0.15, 0.2) is 0 Å². The first kappa shape index (κ1) is 15.5. The van der Waals surface area contributed by atoms with Gasteiger partial charge in [-0.05, 0) is 24.6 Å². The van der Waals surface area contributed by atoms with Crippen LogP contribution in [0.1, 0.15) is 21.6 Å². The zero-order valence-electron chi connectivity index (χ0n) is 11.9. The number of hydrogen-bond donors (Lipinski definition) is 2. The van der Waals surface area contributed by atoms with Crippen LogP contribution < -0.4 is 11.3 Å². The van der Waals surface area contributed by atoms with E-state index in [9.17, 15) is 4.79 Å². The number of benzene rings is 1. The Balaban J connectivity index is 2.22. The quantitative estimate of drug-likeness (QED) is 0.658. The molecule has 1 heterocycles. The van der Waals surface area contributed by atoms with Gasteiger partial charge < -0.3 is 10.3 Å². The van der Waals surface area contributed by atoms with Crippen LogP contribution in [-0.4, -0.2) is 22.8 Å². The zero-order chi connectivity index (χ0) is 15.4. The van der Waals surface area contributed by atoms with E-state index in [1.807, 2.05) is 31.2 Å². The minimum absolute atomic E-state index is 0.133. The number of pyridine rings is 1. The second-order valence-corrected chi connectivity index (χ2v) is 5.62. The first-order valence-electron chi connectivity index (χ1n) is 6.45. The highest BCUT2D eigenvalue weighted by Crippen LogP contribution is 2.20. The van der Waals surface area contributed by atoms with Crippen LogP contribution in [0.3, 0.4) is 0 Å². The summed E-state index contributed by atoms with van der Waals surface area (Å²) in [7, 11) is 1.75. The third-order valence-corrected chi connectivity index (χ3v) is 3.91. The van der Waals surface area contributed by atoms with Crippen LogP contribution in [0.4, 0.5) is 5.69 Å². The Morgan fingerprint density at radius 2 is 2.14 bits per heavy atom. The van der Waals surface area contributed by atoms with E-state index in [4.69, 9.17) is 5.84 Å². The molecule has 0 fully saturated rings. The summed E-state index contributed by atoms with van der Waals surface area (Å²) in [5.74, 6) is 5.34. The van der Waals surface area contributed by atoms with Crippen LogP contribution in [-0.2, 0) is 6.54 Å². The number of nitrogen functional groups attached to an aromatic ring is 1. The average Bonchev–Trinajstić information content (AvgIpc) is 2.48. The SMILES string of the molecule is Cc1cc(NN)c(C(=O)N(C)Cc2ccccc2Br)cn1. The predicted octanol–water partition coefficient (Wildman–Crippen LogP) is 2.71. The maximum atomic E-state index is 12.5. The number of amides is 1. The van der Waals surface area contributed by atoms with Crippen LogP contribution in [0.15, 0.2) is 41.0 Å². The molecule has 0 aliphatic rings. The number of nitrogens with zero attached hydrogens (tertiary/aromatic N) is 2. The number of rotatable bonds is 4. The molecule has 21 heavy (non-hydrogen) atoms. The number of nitrogens with two attached hydrogens (primary N) is 1. The normalized spacial score (nSPS) is 10.3. The summed E-state index contributed by atoms with van der Waals surface area (Å²) in [6.07, 6.45) is 1.55. The van der Waals surface area contributed by atoms with Gasteiger partial charge in [-0.2, -0.15) is 0 Å². The second kappa shape index (κ2) is 6.69. The fourth-order valence-electron chi connectivity index (χ4n) is 2.01. The number of hydrazine groups is 1. The number of hydrogen-bond acceptors (Lipinski definition) is 4. The number of aryl methyl sites for hydroxylation is 1. The van der Waals surface area contributed by atoms with Gasteiger partial charge in [-0.3, -0.25) is 15.6 Å². The lowest BCUT2D eigenvalue weighted by Gasteiger charge is -2.19. The van der Waals surface area contributed by atoms with E-state index in [1.54, 1.807) is 24.2 Å². The number of anilines is 1. The topological polar surface area (TPSA) is 71.2 Å². The molecule has 1 aromatic heterocycles. The molecule has 0 saturated carbocycles. The van der Waals surface area contributed by atoms with Crippen LogP contribution in [0.2, 0.25) is 0 Å². The maximum Gasteiger partial charge on any atom is 0.257 e. The number of carbonyl (C=O) groups is 1. The Bertz CT molecular complexity index is 660. The van der Waals surface area contributed by atoms with Crippen molar-refractivity contribution in [2.45, 2.75) is 13.5 Å². The van der Waals surface area contributed by atoms with Crippen molar-refractivity contribution in [3.05, 3.63) is 57.8 Å². The molecule has 0 atom stereocenters. The molecule has 0 radical (unpaired) electrons. The molecule has 1 aromatic carbocycles. The molecule has 6 heteroatoms. The van der Waals surface area contributed by atoms with Crippen molar-refractivity contribution in [2.75, 3.05) is 12.5 Å². The van der Waals surface area contributed by atoms with E-state index in [0.29, 0.717) is 17.8 Å². The van der Waals surface area contributed by atoms with Crippen molar-refractivity contribution in [1.82, 2.24) is 9.88 Å². The average molecular weight is 349 g/mol. The molecule has 0 unspecified atom stereocenters. The van der Waals surface area contributed by atoms with Gasteiger partial charge in [0.05, 0.1) is 11.3 Å². The summed E-state index contributed by atoms with van der Waals surface area (Å²) in [6, 6.07) is 9.56. The lowest BCUT2D eigenvalue weighted by Crippen LogP contribution is -2.28. The molecule has 1 amide bonds. The van der Waals surface area contributed by atoms with E-state index in [-0.39, 0.29) is 5.91 Å². The van der Waals surface area contributed by atoms with Crippen molar-refractivity contribution in [1.29, 1.82) is 0 Å². The van der Waals surface area contributed by atoms with Gasteiger partial charge in [-0.25, -0.2) is 0 Å². The number of halogens is 1. The third-order valence-electron chi connectivity index (χ3n) is 3.14. The van der Waals surface area contributed by atoms with Crippen molar-refractivity contribution < 1.29 is 4.79 Å². The summed E-state index contributed by atoms with van der Waals surface area (Å²) >= 11 is 3.49. The molecular formula is C15H17BrN4O. The lowest BCUT2D eigenvalue weighted by atomic mass is 10.1. The summed E-state index contributed by atoms with van der Waals surface area (Å²) in [5, 5.41) is 0. The van der Waals surface area contributed by atoms with Crippen molar-refractivity contribution in [3.63, 3.8) is 0 Å². The highest BCUT2D eigenvalue weighted by Gasteiger charge is 2.17. The molecule has 110 valence electrons. The summed E-state index contributed by atoms with van der Waals surface area (Å²) in [4.78, 5) is 18.3. The predicted molar refractivity (Wildman–Crippen MR) is 86.7 cm³/mol. The van der Waals surface area contributed by atoms with E-state index < -0.39 is 0 Å². The molecule has 2 aromatic rings. The van der Waals surface area contributed by atoms with Crippen molar-refractivity contribution in [2.24, 2.45) is 5.84 Å². The van der Waals surface area contributed by atoms with Crippen molar-refractivity contribution in [3.8, 4) is 0 Å². The Morgan fingerprint density at radius 1 is 1.43 bits per heavy atom. The van der Waals surface area contributed by atoms with Gasteiger partial charge >= 0.3 is 0 Å². The summed E-state index contributed by atoms with van der Waals surface area (Å²) < 4.78 is 0.976. The highest BCUT2D eigenvalue weighted by molar-refractivity contribution is 9.10. The minimum atomic E-state index is -0.133. The molecule has 0 spiro atoms. The van der Waals surface area contributed by atoms with Gasteiger partial charge in [-0.15, -0.1) is 0 Å². The summed E-state index contributed by atoms with van der Waals surface area (Å²) in [5.41, 5.74) is 5.42. The van der Waals surface area contributed by atoms with Gasteiger partial charge in [0, 0.05) is 30.0 Å². The van der Waals surface area contributed by atoms with E-state index >= 15 is 0 Å². The molecule has 5 nitrogen and oxygen atoms in total. The van der Waals surface area contributed by atoms with E-state index in [0.717, 1.165) is 15.7 Å². The highest BCUT2D eigenvalue weighted by atomic mass is 79.9. The lowest BCUT2D eigenvalue weighted by molar-refractivity contribution is 0.0785. The van der Waals surface area contributed by atoms with Gasteiger partial charge in [-0.1, -0.05) is 34.1 Å². The number of aromatic nitrogens is 1. The first-order valence-corrected chi connectivity index (χ1v) is 7.24. The molecule has 0 saturated heterocycles. The van der Waals surface area contributed by atoms with Gasteiger partial charge in [0.25, 0.3) is 5.91 Å². The Morgan fingerprint density at radius 3 is 2.81 bits per heavy atom. The van der Waals surface area contributed by atoms with Crippen LogP contribution >= 0.6 is 15.9 Å². The maximum absolute atomic E-state index is 12.5. The van der Waals surface area contributed by atoms with Gasteiger partial charge in [0.2, 0.25) is 0 Å². The first-order chi connectivity index (χ1) is 10.0. The molecule has 2 rings (SSSR count). The van der Waals surface area contributed by atoms with Crippen LogP contribution in [0.5, 0.6) is 0 Å². The smallest absolute Gasteiger partial charge is 0.257 e. The number of nitrogens with one attached hydrogen (secondary N) is 1. The zero-order valence-corrected chi connectivity index (χ0v) is 13.5. The third kappa shape index (κ3) is 3.59. The van der Waals surface area contributed by atoms with Gasteiger partial charge in [0.1, 0.15) is 0 Å². The molecular weight excluding hydrogens is 332 g/mol. The summed E-state index contributed by atoms with van der Waals surface area (Å²) in [6.45, 7) is 2.35. The molecule has 0 aliphatic heterocycles. The van der Waals surface area contributed by atoms with Crippen LogP contribution in [0.25, 0.3) is 0 Å². The van der Waals surface area contributed by atoms with Crippen molar-refractivity contribution >= 4 is 27.5 Å². The number of carbonyl (C=O) groups excluding carboxylic acids is 1. The Hall–Kier alpha value is -1.92. The van der Waals surface area contributed by atoms with Crippen LogP contribution in [0, 0.1) is 6.92 Å². The largest absolute Gasteiger partial charge is 0.337 e. The second-order valence-electron chi connectivity index (χ2n) is 4.77. The molecule has 0 bridgehead atoms. The standard InChI is InChI=1S/C15H17BrN4O/c1-10-7-14(19-17)12(8-18-10)15(21)20(2)9-11-5-3-4-6-13(11)16/h3-8H,9,17H2,1-2H3,(H,18,19).